The van der Waals surface area contributed by atoms with Crippen LogP contribution in [0.3, 0.4) is 0 Å². The summed E-state index contributed by atoms with van der Waals surface area (Å²) in [5.41, 5.74) is 0.897. The van der Waals surface area contributed by atoms with Crippen LogP contribution in [-0.4, -0.2) is 11.7 Å². The molecule has 0 aliphatic heterocycles. The van der Waals surface area contributed by atoms with Crippen LogP contribution in [0, 0.1) is 0 Å². The van der Waals surface area contributed by atoms with Crippen molar-refractivity contribution in [1.82, 2.24) is 0 Å². The van der Waals surface area contributed by atoms with Crippen LogP contribution >= 0.6 is 22.9 Å². The molecule has 2 aromatic rings. The van der Waals surface area contributed by atoms with Gasteiger partial charge in [-0.2, -0.15) is 0 Å². The normalized spacial score (nSPS) is 12.4. The zero-order valence-corrected chi connectivity index (χ0v) is 12.4. The lowest BCUT2D eigenvalue weighted by Gasteiger charge is -2.11. The Morgan fingerprint density at radius 2 is 1.95 bits per heavy atom. The summed E-state index contributed by atoms with van der Waals surface area (Å²) in [7, 11) is 0. The molecule has 1 N–H and O–H groups in total. The summed E-state index contributed by atoms with van der Waals surface area (Å²) >= 11 is 7.39. The van der Waals surface area contributed by atoms with Gasteiger partial charge in [0.15, 0.2) is 0 Å². The van der Waals surface area contributed by atoms with Gasteiger partial charge in [0.2, 0.25) is 0 Å². The second-order valence-electron chi connectivity index (χ2n) is 4.34. The van der Waals surface area contributed by atoms with Crippen LogP contribution in [0.5, 0.6) is 5.75 Å². The molecule has 19 heavy (non-hydrogen) atoms. The summed E-state index contributed by atoms with van der Waals surface area (Å²) in [4.78, 5) is 1.09. The predicted octanol–water partition coefficient (Wildman–Crippen LogP) is 4.47. The SMILES string of the molecule is CCCOc1ccc(C(O)Cc2ccc(Cl)s2)cc1. The van der Waals surface area contributed by atoms with Gasteiger partial charge < -0.3 is 9.84 Å². The van der Waals surface area contributed by atoms with Gasteiger partial charge in [0.25, 0.3) is 0 Å². The molecule has 1 unspecified atom stereocenters. The van der Waals surface area contributed by atoms with Crippen LogP contribution in [0.15, 0.2) is 36.4 Å². The van der Waals surface area contributed by atoms with Gasteiger partial charge >= 0.3 is 0 Å². The summed E-state index contributed by atoms with van der Waals surface area (Å²) in [5.74, 6) is 0.844. The third-order valence-corrected chi connectivity index (χ3v) is 4.01. The standard InChI is InChI=1S/C15H17ClO2S/c1-2-9-18-12-5-3-11(4-6-12)14(17)10-13-7-8-15(16)19-13/h3-8,14,17H,2,9-10H2,1H3. The smallest absolute Gasteiger partial charge is 0.119 e. The maximum atomic E-state index is 10.2. The molecule has 0 spiro atoms. The highest BCUT2D eigenvalue weighted by molar-refractivity contribution is 7.16. The van der Waals surface area contributed by atoms with Gasteiger partial charge in [-0.3, -0.25) is 0 Å². The molecule has 102 valence electrons. The van der Waals surface area contributed by atoms with E-state index in [-0.39, 0.29) is 0 Å². The molecule has 0 saturated carbocycles. The maximum Gasteiger partial charge on any atom is 0.119 e. The number of hydrogen-bond donors (Lipinski definition) is 1. The number of aliphatic hydroxyl groups is 1. The largest absolute Gasteiger partial charge is 0.494 e. The first-order valence-electron chi connectivity index (χ1n) is 6.34. The fourth-order valence-electron chi connectivity index (χ4n) is 1.78. The number of aliphatic hydroxyl groups excluding tert-OH is 1. The highest BCUT2D eigenvalue weighted by Crippen LogP contribution is 2.27. The maximum absolute atomic E-state index is 10.2. The zero-order valence-electron chi connectivity index (χ0n) is 10.8. The molecule has 1 heterocycles. The van der Waals surface area contributed by atoms with Crippen LogP contribution in [0.1, 0.15) is 29.9 Å². The van der Waals surface area contributed by atoms with E-state index < -0.39 is 6.10 Å². The summed E-state index contributed by atoms with van der Waals surface area (Å²) in [6, 6.07) is 11.4. The highest BCUT2D eigenvalue weighted by atomic mass is 35.5. The van der Waals surface area contributed by atoms with Gasteiger partial charge in [0, 0.05) is 11.3 Å². The first kappa shape index (κ1) is 14.4. The lowest BCUT2D eigenvalue weighted by molar-refractivity contribution is 0.179. The highest BCUT2D eigenvalue weighted by Gasteiger charge is 2.10. The molecule has 0 amide bonds. The third-order valence-electron chi connectivity index (χ3n) is 2.76. The first-order chi connectivity index (χ1) is 9.19. The lowest BCUT2D eigenvalue weighted by atomic mass is 10.1. The van der Waals surface area contributed by atoms with E-state index in [1.54, 1.807) is 0 Å². The van der Waals surface area contributed by atoms with E-state index in [4.69, 9.17) is 16.3 Å². The molecule has 4 heteroatoms. The van der Waals surface area contributed by atoms with E-state index in [0.29, 0.717) is 6.42 Å². The Morgan fingerprint density at radius 3 is 2.53 bits per heavy atom. The Bertz CT molecular complexity index is 507. The summed E-state index contributed by atoms with van der Waals surface area (Å²) in [6.45, 7) is 2.79. The molecule has 1 aromatic carbocycles. The van der Waals surface area contributed by atoms with Gasteiger partial charge in [-0.15, -0.1) is 11.3 Å². The molecule has 0 aliphatic rings. The Kier molecular flexibility index (Phi) is 5.25. The van der Waals surface area contributed by atoms with Gasteiger partial charge in [-0.25, -0.2) is 0 Å². The molecule has 0 bridgehead atoms. The van der Waals surface area contributed by atoms with Crippen molar-refractivity contribution < 1.29 is 9.84 Å². The number of ether oxygens (including phenoxy) is 1. The number of thiophene rings is 1. The van der Waals surface area contributed by atoms with Crippen molar-refractivity contribution in [2.24, 2.45) is 0 Å². The minimum atomic E-state index is -0.505. The summed E-state index contributed by atoms with van der Waals surface area (Å²) < 4.78 is 6.27. The average Bonchev–Trinajstić information content (AvgIpc) is 2.82. The fraction of sp³-hybridized carbons (Fsp3) is 0.333. The van der Waals surface area contributed by atoms with Crippen LogP contribution in [0.2, 0.25) is 4.34 Å². The molecule has 2 nitrogen and oxygen atoms in total. The van der Waals surface area contributed by atoms with E-state index in [0.717, 1.165) is 33.6 Å². The second kappa shape index (κ2) is 6.94. The zero-order chi connectivity index (χ0) is 13.7. The topological polar surface area (TPSA) is 29.5 Å². The minimum absolute atomic E-state index is 0.505. The number of benzene rings is 1. The minimum Gasteiger partial charge on any atom is -0.494 e. The molecular formula is C15H17ClO2S. The molecular weight excluding hydrogens is 280 g/mol. The van der Waals surface area contributed by atoms with Gasteiger partial charge in [0.1, 0.15) is 5.75 Å². The molecule has 0 aliphatic carbocycles. The van der Waals surface area contributed by atoms with E-state index in [1.165, 1.54) is 11.3 Å². The number of halogens is 1. The third kappa shape index (κ3) is 4.23. The molecule has 0 radical (unpaired) electrons. The molecule has 0 fully saturated rings. The van der Waals surface area contributed by atoms with Crippen molar-refractivity contribution in [3.63, 3.8) is 0 Å². The first-order valence-corrected chi connectivity index (χ1v) is 7.53. The summed E-state index contributed by atoms with van der Waals surface area (Å²) in [6.07, 6.45) is 1.07. The molecule has 1 aromatic heterocycles. The van der Waals surface area contributed by atoms with Crippen molar-refractivity contribution >= 4 is 22.9 Å². The van der Waals surface area contributed by atoms with Crippen LogP contribution < -0.4 is 4.74 Å². The van der Waals surface area contributed by atoms with Crippen molar-refractivity contribution in [2.45, 2.75) is 25.9 Å². The monoisotopic (exact) mass is 296 g/mol. The quantitative estimate of drug-likeness (QED) is 0.852. The van der Waals surface area contributed by atoms with Crippen LogP contribution in [0.4, 0.5) is 0 Å². The van der Waals surface area contributed by atoms with Crippen LogP contribution in [0.25, 0.3) is 0 Å². The van der Waals surface area contributed by atoms with E-state index in [9.17, 15) is 5.11 Å². The average molecular weight is 297 g/mol. The van der Waals surface area contributed by atoms with Gasteiger partial charge in [-0.05, 0) is 36.2 Å². The number of rotatable bonds is 6. The van der Waals surface area contributed by atoms with Crippen LogP contribution in [-0.2, 0) is 6.42 Å². The molecule has 2 rings (SSSR count). The predicted molar refractivity (Wildman–Crippen MR) is 80.2 cm³/mol. The molecule has 1 atom stereocenters. The number of hydrogen-bond acceptors (Lipinski definition) is 3. The van der Waals surface area contributed by atoms with E-state index in [1.807, 2.05) is 36.4 Å². The Hall–Kier alpha value is -1.03. The lowest BCUT2D eigenvalue weighted by Crippen LogP contribution is -2.01. The van der Waals surface area contributed by atoms with Crippen molar-refractivity contribution in [3.8, 4) is 5.75 Å². The Balaban J connectivity index is 1.97. The van der Waals surface area contributed by atoms with Gasteiger partial charge in [0.05, 0.1) is 17.0 Å². The fourth-order valence-corrected chi connectivity index (χ4v) is 2.90. The van der Waals surface area contributed by atoms with E-state index >= 15 is 0 Å². The van der Waals surface area contributed by atoms with Crippen molar-refractivity contribution in [1.29, 1.82) is 0 Å². The second-order valence-corrected chi connectivity index (χ2v) is 6.14. The molecule has 0 saturated heterocycles. The summed E-state index contributed by atoms with van der Waals surface area (Å²) in [5, 5.41) is 10.2. The van der Waals surface area contributed by atoms with E-state index in [2.05, 4.69) is 6.92 Å². The van der Waals surface area contributed by atoms with Crippen molar-refractivity contribution in [2.75, 3.05) is 6.61 Å². The Morgan fingerprint density at radius 1 is 1.21 bits per heavy atom. The van der Waals surface area contributed by atoms with Crippen molar-refractivity contribution in [3.05, 3.63) is 51.2 Å². The van der Waals surface area contributed by atoms with Gasteiger partial charge in [-0.1, -0.05) is 30.7 Å². The Labute approximate surface area is 122 Å².